The molecule has 2 heterocycles. The Hall–Kier alpha value is -2.34. The van der Waals surface area contributed by atoms with Crippen molar-refractivity contribution in [3.8, 4) is 0 Å². The average molecular weight is 396 g/mol. The summed E-state index contributed by atoms with van der Waals surface area (Å²) in [5.74, 6) is 0.139. The van der Waals surface area contributed by atoms with Gasteiger partial charge >= 0.3 is 0 Å². The van der Waals surface area contributed by atoms with E-state index in [-0.39, 0.29) is 16.7 Å². The molecule has 0 bridgehead atoms. The maximum absolute atomic E-state index is 13.1. The maximum atomic E-state index is 13.1. The second-order valence-corrected chi connectivity index (χ2v) is 8.61. The summed E-state index contributed by atoms with van der Waals surface area (Å²) >= 11 is 1.39. The Morgan fingerprint density at radius 2 is 1.82 bits per heavy atom. The molecule has 5 nitrogen and oxygen atoms in total. The number of piperidine rings is 1. The monoisotopic (exact) mass is 395 g/mol. The van der Waals surface area contributed by atoms with E-state index in [9.17, 15) is 9.59 Å². The Balaban J connectivity index is 1.72. The number of thioether (sulfide) groups is 1. The Kier molecular flexibility index (Phi) is 5.40. The minimum atomic E-state index is -0.263. The number of rotatable bonds is 4. The predicted molar refractivity (Wildman–Crippen MR) is 115 cm³/mol. The van der Waals surface area contributed by atoms with Gasteiger partial charge in [-0.25, -0.2) is 4.98 Å². The predicted octanol–water partition coefficient (Wildman–Crippen LogP) is 4.06. The summed E-state index contributed by atoms with van der Waals surface area (Å²) in [5.41, 5.74) is 0.645. The number of hydrogen-bond donors (Lipinski definition) is 0. The number of fused-ring (bicyclic) bond motifs is 2. The normalized spacial score (nSPS) is 15.9. The summed E-state index contributed by atoms with van der Waals surface area (Å²) in [7, 11) is 0. The van der Waals surface area contributed by atoms with E-state index in [1.165, 1.54) is 18.2 Å². The third kappa shape index (κ3) is 3.53. The topological polar surface area (TPSA) is 55.2 Å². The van der Waals surface area contributed by atoms with E-state index in [2.05, 4.69) is 0 Å². The van der Waals surface area contributed by atoms with Crippen molar-refractivity contribution in [3.63, 3.8) is 0 Å². The van der Waals surface area contributed by atoms with Gasteiger partial charge in [0.05, 0.1) is 16.2 Å². The molecular formula is C22H25N3O2S. The molecule has 0 aliphatic carbocycles. The van der Waals surface area contributed by atoms with Gasteiger partial charge in [-0.15, -0.1) is 0 Å². The second kappa shape index (κ2) is 7.95. The highest BCUT2D eigenvalue weighted by Crippen LogP contribution is 2.26. The highest BCUT2D eigenvalue weighted by Gasteiger charge is 2.25. The van der Waals surface area contributed by atoms with Crippen LogP contribution in [0.2, 0.25) is 0 Å². The molecule has 6 heteroatoms. The largest absolute Gasteiger partial charge is 0.342 e. The SMILES string of the molecule is CCn1c(S[C@H](C)C(=O)N2CCCCC2)nc2cc3ccccc3cc2c1=O. The van der Waals surface area contributed by atoms with Gasteiger partial charge in [0.15, 0.2) is 5.16 Å². The molecule has 1 atom stereocenters. The van der Waals surface area contributed by atoms with E-state index in [0.29, 0.717) is 22.6 Å². The number of amides is 1. The Bertz CT molecular complexity index is 1090. The lowest BCUT2D eigenvalue weighted by molar-refractivity contribution is -0.131. The molecule has 1 aliphatic rings. The molecule has 0 radical (unpaired) electrons. The highest BCUT2D eigenvalue weighted by molar-refractivity contribution is 8.00. The summed E-state index contributed by atoms with van der Waals surface area (Å²) in [6.45, 7) is 6.06. The zero-order chi connectivity index (χ0) is 19.7. The second-order valence-electron chi connectivity index (χ2n) is 7.31. The number of carbonyl (C=O) groups excluding carboxylic acids is 1. The van der Waals surface area contributed by atoms with Gasteiger partial charge in [0.25, 0.3) is 5.56 Å². The molecule has 1 aliphatic heterocycles. The molecule has 0 N–H and O–H groups in total. The molecule has 4 rings (SSSR count). The quantitative estimate of drug-likeness (QED) is 0.380. The first kappa shape index (κ1) is 19.0. The molecule has 1 fully saturated rings. The lowest BCUT2D eigenvalue weighted by Gasteiger charge is -2.29. The molecule has 146 valence electrons. The smallest absolute Gasteiger partial charge is 0.262 e. The minimum absolute atomic E-state index is 0.0432. The van der Waals surface area contributed by atoms with Crippen molar-refractivity contribution in [2.24, 2.45) is 0 Å². The fourth-order valence-electron chi connectivity index (χ4n) is 3.84. The van der Waals surface area contributed by atoms with Crippen LogP contribution in [-0.2, 0) is 11.3 Å². The van der Waals surface area contributed by atoms with Crippen molar-refractivity contribution in [1.29, 1.82) is 0 Å². The fraction of sp³-hybridized carbons (Fsp3) is 0.409. The van der Waals surface area contributed by atoms with Gasteiger partial charge in [0.1, 0.15) is 0 Å². The van der Waals surface area contributed by atoms with Crippen LogP contribution in [0.1, 0.15) is 33.1 Å². The summed E-state index contributed by atoms with van der Waals surface area (Å²) in [6.07, 6.45) is 3.34. The van der Waals surface area contributed by atoms with Gasteiger partial charge < -0.3 is 4.90 Å². The number of likely N-dealkylation sites (tertiary alicyclic amines) is 1. The number of carbonyl (C=O) groups is 1. The summed E-state index contributed by atoms with van der Waals surface area (Å²) in [6, 6.07) is 11.9. The Morgan fingerprint density at radius 1 is 1.14 bits per heavy atom. The number of benzene rings is 2. The van der Waals surface area contributed by atoms with Crippen molar-refractivity contribution >= 4 is 39.3 Å². The summed E-state index contributed by atoms with van der Waals surface area (Å²) < 4.78 is 1.68. The lowest BCUT2D eigenvalue weighted by Crippen LogP contribution is -2.40. The molecule has 28 heavy (non-hydrogen) atoms. The van der Waals surface area contributed by atoms with Crippen LogP contribution >= 0.6 is 11.8 Å². The Labute approximate surface area is 168 Å². The first-order chi connectivity index (χ1) is 13.6. The van der Waals surface area contributed by atoms with Crippen LogP contribution in [-0.4, -0.2) is 38.7 Å². The van der Waals surface area contributed by atoms with Gasteiger partial charge in [-0.3, -0.25) is 14.2 Å². The number of hydrogen-bond acceptors (Lipinski definition) is 4. The third-order valence-corrected chi connectivity index (χ3v) is 6.48. The molecule has 1 saturated heterocycles. The van der Waals surface area contributed by atoms with Crippen molar-refractivity contribution in [1.82, 2.24) is 14.5 Å². The summed E-state index contributed by atoms with van der Waals surface area (Å²) in [4.78, 5) is 32.6. The zero-order valence-corrected chi connectivity index (χ0v) is 17.2. The van der Waals surface area contributed by atoms with Crippen LogP contribution in [0.3, 0.4) is 0 Å². The van der Waals surface area contributed by atoms with Crippen LogP contribution in [0.15, 0.2) is 46.3 Å². The van der Waals surface area contributed by atoms with Gasteiger partial charge in [-0.05, 0) is 56.0 Å². The van der Waals surface area contributed by atoms with E-state index in [4.69, 9.17) is 4.98 Å². The fourth-order valence-corrected chi connectivity index (χ4v) is 4.89. The van der Waals surface area contributed by atoms with E-state index in [1.54, 1.807) is 4.57 Å². The van der Waals surface area contributed by atoms with E-state index in [0.717, 1.165) is 36.7 Å². The molecular weight excluding hydrogens is 370 g/mol. The Morgan fingerprint density at radius 3 is 2.50 bits per heavy atom. The number of aromatic nitrogens is 2. The van der Waals surface area contributed by atoms with Crippen LogP contribution in [0, 0.1) is 0 Å². The van der Waals surface area contributed by atoms with E-state index in [1.807, 2.05) is 55.1 Å². The summed E-state index contributed by atoms with van der Waals surface area (Å²) in [5, 5.41) is 3.07. The van der Waals surface area contributed by atoms with Crippen molar-refractivity contribution in [3.05, 3.63) is 46.8 Å². The molecule has 1 amide bonds. The van der Waals surface area contributed by atoms with Gasteiger partial charge in [-0.1, -0.05) is 36.0 Å². The zero-order valence-electron chi connectivity index (χ0n) is 16.4. The van der Waals surface area contributed by atoms with Gasteiger partial charge in [0, 0.05) is 19.6 Å². The molecule has 2 aromatic carbocycles. The minimum Gasteiger partial charge on any atom is -0.342 e. The van der Waals surface area contributed by atoms with Crippen LogP contribution in [0.25, 0.3) is 21.7 Å². The number of nitrogens with zero attached hydrogens (tertiary/aromatic N) is 3. The third-order valence-electron chi connectivity index (χ3n) is 5.40. The molecule has 3 aromatic rings. The first-order valence-electron chi connectivity index (χ1n) is 9.97. The van der Waals surface area contributed by atoms with Crippen molar-refractivity contribution in [2.45, 2.75) is 50.1 Å². The van der Waals surface area contributed by atoms with E-state index >= 15 is 0 Å². The van der Waals surface area contributed by atoms with Gasteiger partial charge in [-0.2, -0.15) is 0 Å². The average Bonchev–Trinajstić information content (AvgIpc) is 2.73. The van der Waals surface area contributed by atoms with Crippen molar-refractivity contribution < 1.29 is 4.79 Å². The van der Waals surface area contributed by atoms with Crippen LogP contribution in [0.5, 0.6) is 0 Å². The van der Waals surface area contributed by atoms with E-state index < -0.39 is 0 Å². The van der Waals surface area contributed by atoms with Crippen LogP contribution < -0.4 is 5.56 Å². The van der Waals surface area contributed by atoms with Crippen LogP contribution in [0.4, 0.5) is 0 Å². The first-order valence-corrected chi connectivity index (χ1v) is 10.8. The van der Waals surface area contributed by atoms with Crippen molar-refractivity contribution in [2.75, 3.05) is 13.1 Å². The standard InChI is InChI=1S/C22H25N3O2S/c1-3-25-21(27)18-13-16-9-5-6-10-17(16)14-19(18)23-22(25)28-15(2)20(26)24-11-7-4-8-12-24/h5-6,9-10,13-15H,3-4,7-8,11-12H2,1-2H3/t15-/m1/s1. The molecule has 0 unspecified atom stereocenters. The molecule has 0 spiro atoms. The maximum Gasteiger partial charge on any atom is 0.262 e. The van der Waals surface area contributed by atoms with Gasteiger partial charge in [0.2, 0.25) is 5.91 Å². The lowest BCUT2D eigenvalue weighted by atomic mass is 10.1. The highest BCUT2D eigenvalue weighted by atomic mass is 32.2. The molecule has 1 aromatic heterocycles. The molecule has 0 saturated carbocycles.